The Bertz CT molecular complexity index is 1350. The fraction of sp³-hybridized carbons (Fsp3) is 0.192. The van der Waals surface area contributed by atoms with Crippen LogP contribution in [0.15, 0.2) is 81.4 Å². The highest BCUT2D eigenvalue weighted by Crippen LogP contribution is 2.44. The van der Waals surface area contributed by atoms with Crippen LogP contribution < -0.4 is 10.7 Å². The summed E-state index contributed by atoms with van der Waals surface area (Å²) in [7, 11) is 0. The molecule has 1 atom stereocenters. The molecule has 0 aliphatic carbocycles. The van der Waals surface area contributed by atoms with Gasteiger partial charge in [0.1, 0.15) is 5.56 Å². The van der Waals surface area contributed by atoms with Gasteiger partial charge in [0.05, 0.1) is 5.69 Å². The molecule has 0 radical (unpaired) electrons. The van der Waals surface area contributed by atoms with Crippen LogP contribution in [-0.4, -0.2) is 22.0 Å². The van der Waals surface area contributed by atoms with Crippen molar-refractivity contribution in [3.63, 3.8) is 0 Å². The van der Waals surface area contributed by atoms with Gasteiger partial charge in [-0.25, -0.2) is 0 Å². The molecule has 1 amide bonds. The third kappa shape index (κ3) is 4.38. The molecule has 4 aromatic rings. The Morgan fingerprint density at radius 2 is 2.09 bits per heavy atom. The second-order valence-electron chi connectivity index (χ2n) is 8.01. The number of benzene rings is 1. The second kappa shape index (κ2) is 9.37. The van der Waals surface area contributed by atoms with Gasteiger partial charge in [0.2, 0.25) is 0 Å². The van der Waals surface area contributed by atoms with Crippen molar-refractivity contribution in [3.05, 3.63) is 110 Å². The van der Waals surface area contributed by atoms with Gasteiger partial charge in [0.15, 0.2) is 5.43 Å². The summed E-state index contributed by atoms with van der Waals surface area (Å²) in [6.07, 6.45) is 4.77. The Morgan fingerprint density at radius 1 is 1.21 bits per heavy atom. The number of aryl methyl sites for hydroxylation is 1. The van der Waals surface area contributed by atoms with Crippen molar-refractivity contribution >= 4 is 29.0 Å². The van der Waals surface area contributed by atoms with E-state index in [-0.39, 0.29) is 22.1 Å². The van der Waals surface area contributed by atoms with Crippen molar-refractivity contribution in [2.24, 2.45) is 0 Å². The minimum atomic E-state index is -0.318. The van der Waals surface area contributed by atoms with Crippen LogP contribution in [0.1, 0.15) is 38.1 Å². The lowest BCUT2D eigenvalue weighted by Gasteiger charge is -2.20. The third-order valence-electron chi connectivity index (χ3n) is 5.82. The fourth-order valence-corrected chi connectivity index (χ4v) is 6.34. The van der Waals surface area contributed by atoms with Crippen LogP contribution in [-0.2, 0) is 12.8 Å². The van der Waals surface area contributed by atoms with Crippen molar-refractivity contribution in [2.75, 3.05) is 6.54 Å². The molecule has 5 nitrogen and oxygen atoms in total. The summed E-state index contributed by atoms with van der Waals surface area (Å²) in [5.74, 6) is -0.318. The first kappa shape index (κ1) is 21.7. The predicted octanol–water partition coefficient (Wildman–Crippen LogP) is 4.96. The van der Waals surface area contributed by atoms with Crippen molar-refractivity contribution in [1.29, 1.82) is 0 Å². The number of fused-ring (bicyclic) bond motifs is 3. The van der Waals surface area contributed by atoms with E-state index < -0.39 is 0 Å². The molecule has 0 bridgehead atoms. The fourth-order valence-electron chi connectivity index (χ4n) is 4.28. The summed E-state index contributed by atoms with van der Waals surface area (Å²) in [6, 6.07) is 15.8. The SMILES string of the molecule is Cc1cc(=O)c(C(=O)NCCc2cccnc2)c2n1-c1ccccc1S[C@H](c1ccsc1)C2. The quantitative estimate of drug-likeness (QED) is 0.445. The van der Waals surface area contributed by atoms with Crippen LogP contribution in [0.3, 0.4) is 0 Å². The van der Waals surface area contributed by atoms with Gasteiger partial charge in [-0.1, -0.05) is 18.2 Å². The minimum Gasteiger partial charge on any atom is -0.352 e. The van der Waals surface area contributed by atoms with E-state index in [1.807, 2.05) is 31.2 Å². The van der Waals surface area contributed by atoms with Crippen LogP contribution in [0.5, 0.6) is 0 Å². The number of carbonyl (C=O) groups is 1. The molecular weight excluding hydrogens is 450 g/mol. The first-order valence-electron chi connectivity index (χ1n) is 10.8. The molecule has 1 N–H and O–H groups in total. The number of nitrogens with zero attached hydrogens (tertiary/aromatic N) is 2. The zero-order valence-electron chi connectivity index (χ0n) is 18.2. The second-order valence-corrected chi connectivity index (χ2v) is 10.0. The van der Waals surface area contributed by atoms with Gasteiger partial charge in [-0.15, -0.1) is 11.8 Å². The highest BCUT2D eigenvalue weighted by molar-refractivity contribution is 7.99. The van der Waals surface area contributed by atoms with E-state index >= 15 is 0 Å². The Morgan fingerprint density at radius 3 is 2.88 bits per heavy atom. The number of rotatable bonds is 5. The number of thiophene rings is 1. The molecule has 1 aromatic carbocycles. The van der Waals surface area contributed by atoms with Crippen molar-refractivity contribution < 1.29 is 4.79 Å². The van der Waals surface area contributed by atoms with Crippen molar-refractivity contribution in [2.45, 2.75) is 29.9 Å². The summed E-state index contributed by atoms with van der Waals surface area (Å²) >= 11 is 3.45. The van der Waals surface area contributed by atoms with Crippen LogP contribution in [0.25, 0.3) is 5.69 Å². The highest BCUT2D eigenvalue weighted by atomic mass is 32.2. The maximum absolute atomic E-state index is 13.3. The molecule has 0 saturated heterocycles. The molecule has 166 valence electrons. The van der Waals surface area contributed by atoms with Crippen LogP contribution >= 0.6 is 23.1 Å². The first-order valence-corrected chi connectivity index (χ1v) is 12.6. The number of carbonyl (C=O) groups excluding carboxylic acids is 1. The number of amides is 1. The lowest BCUT2D eigenvalue weighted by atomic mass is 10.0. The Kier molecular flexibility index (Phi) is 6.15. The molecule has 0 unspecified atom stereocenters. The van der Waals surface area contributed by atoms with Crippen molar-refractivity contribution in [1.82, 2.24) is 14.9 Å². The maximum atomic E-state index is 13.3. The largest absolute Gasteiger partial charge is 0.352 e. The van der Waals surface area contributed by atoms with Crippen LogP contribution in [0, 0.1) is 6.92 Å². The van der Waals surface area contributed by atoms with E-state index in [1.54, 1.807) is 41.6 Å². The number of pyridine rings is 2. The average Bonchev–Trinajstić information content (AvgIpc) is 3.29. The number of nitrogens with one attached hydrogen (secondary N) is 1. The van der Waals surface area contributed by atoms with E-state index in [2.05, 4.69) is 43.8 Å². The smallest absolute Gasteiger partial charge is 0.257 e. The highest BCUT2D eigenvalue weighted by Gasteiger charge is 2.29. The molecule has 4 heterocycles. The van der Waals surface area contributed by atoms with E-state index in [0.717, 1.165) is 27.5 Å². The van der Waals surface area contributed by atoms with Crippen LogP contribution in [0.4, 0.5) is 0 Å². The molecule has 3 aromatic heterocycles. The van der Waals surface area contributed by atoms with Gasteiger partial charge < -0.3 is 9.88 Å². The lowest BCUT2D eigenvalue weighted by Crippen LogP contribution is -2.33. The zero-order chi connectivity index (χ0) is 22.8. The molecule has 1 aliphatic heterocycles. The summed E-state index contributed by atoms with van der Waals surface area (Å²) in [6.45, 7) is 2.37. The topological polar surface area (TPSA) is 64.0 Å². The van der Waals surface area contributed by atoms with E-state index in [0.29, 0.717) is 19.4 Å². The van der Waals surface area contributed by atoms with Gasteiger partial charge in [-0.05, 0) is 59.5 Å². The molecule has 33 heavy (non-hydrogen) atoms. The van der Waals surface area contributed by atoms with Gasteiger partial charge >= 0.3 is 0 Å². The molecule has 5 rings (SSSR count). The summed E-state index contributed by atoms with van der Waals surface area (Å²) < 4.78 is 2.09. The van der Waals surface area contributed by atoms with Gasteiger partial charge in [0.25, 0.3) is 5.91 Å². The first-order chi connectivity index (χ1) is 16.1. The van der Waals surface area contributed by atoms with Crippen molar-refractivity contribution in [3.8, 4) is 5.69 Å². The van der Waals surface area contributed by atoms with Gasteiger partial charge in [0, 0.05) is 53.0 Å². The molecular formula is C26H23N3O2S2. The van der Waals surface area contributed by atoms with E-state index in [9.17, 15) is 9.59 Å². The third-order valence-corrected chi connectivity index (χ3v) is 7.84. The lowest BCUT2D eigenvalue weighted by molar-refractivity contribution is 0.0951. The van der Waals surface area contributed by atoms with Gasteiger partial charge in [-0.2, -0.15) is 11.3 Å². The summed E-state index contributed by atoms with van der Waals surface area (Å²) in [5.41, 5.74) is 4.88. The van der Waals surface area contributed by atoms with E-state index in [4.69, 9.17) is 0 Å². The maximum Gasteiger partial charge on any atom is 0.257 e. The van der Waals surface area contributed by atoms with E-state index in [1.165, 1.54) is 5.56 Å². The average molecular weight is 474 g/mol. The number of para-hydroxylation sites is 1. The zero-order valence-corrected chi connectivity index (χ0v) is 19.8. The summed E-state index contributed by atoms with van der Waals surface area (Å²) in [4.78, 5) is 31.7. The standard InChI is InChI=1S/C26H23N3O2S2/c1-17-13-22(30)25(26(31)28-11-8-18-5-4-10-27-15-18)21-14-24(19-9-12-32-16-19)33-23-7-3-2-6-20(23)29(17)21/h2-7,9-10,12-13,15-16,24H,8,11,14H2,1H3,(H,28,31)/t24-/m0/s1. The Balaban J connectivity index is 1.55. The predicted molar refractivity (Wildman–Crippen MR) is 134 cm³/mol. The molecule has 0 spiro atoms. The molecule has 7 heteroatoms. The summed E-state index contributed by atoms with van der Waals surface area (Å²) in [5, 5.41) is 7.31. The Labute approximate surface area is 200 Å². The van der Waals surface area contributed by atoms with Gasteiger partial charge in [-0.3, -0.25) is 14.6 Å². The molecule has 0 fully saturated rings. The minimum absolute atomic E-state index is 0.120. The number of hydrogen-bond donors (Lipinski definition) is 1. The van der Waals surface area contributed by atoms with Crippen LogP contribution in [0.2, 0.25) is 0 Å². The molecule has 0 saturated carbocycles. The number of thioether (sulfide) groups is 1. The normalized spacial score (nSPS) is 14.8. The molecule has 1 aliphatic rings. The number of hydrogen-bond acceptors (Lipinski definition) is 5. The number of aromatic nitrogens is 2. The monoisotopic (exact) mass is 473 g/mol. The Hall–Kier alpha value is -3.16.